The van der Waals surface area contributed by atoms with Crippen molar-refractivity contribution in [2.45, 2.75) is 19.4 Å². The van der Waals surface area contributed by atoms with Crippen LogP contribution in [0.4, 0.5) is 0 Å². The summed E-state index contributed by atoms with van der Waals surface area (Å²) in [5.41, 5.74) is 0. The van der Waals surface area contributed by atoms with Gasteiger partial charge in [0.15, 0.2) is 0 Å². The number of carboxylic acids is 1. The predicted molar refractivity (Wildman–Crippen MR) is 53.5 cm³/mol. The first kappa shape index (κ1) is 14.3. The lowest BCUT2D eigenvalue weighted by molar-refractivity contribution is -0.137. The number of nitrogens with one attached hydrogen (secondary N) is 1. The molecule has 90 valence electrons. The molecular weight excluding hydrogens is 224 g/mol. The average Bonchev–Trinajstić information content (AvgIpc) is 2.11. The van der Waals surface area contributed by atoms with Gasteiger partial charge in [-0.25, -0.2) is 0 Å². The van der Waals surface area contributed by atoms with E-state index in [9.17, 15) is 13.2 Å². The zero-order chi connectivity index (χ0) is 12.1. The predicted octanol–water partition coefficient (Wildman–Crippen LogP) is -1.39. The van der Waals surface area contributed by atoms with Crippen LogP contribution in [0.1, 0.15) is 13.3 Å². The highest BCUT2D eigenvalue weighted by Gasteiger charge is 2.18. The molecule has 0 heterocycles. The molecule has 0 rings (SSSR count). The number of hydrogen-bond acceptors (Lipinski definition) is 4. The summed E-state index contributed by atoms with van der Waals surface area (Å²) >= 11 is 0. The molecule has 0 aliphatic rings. The Bertz CT molecular complexity index is 301. The third-order valence-corrected chi connectivity index (χ3v) is 3.15. The van der Waals surface area contributed by atoms with Crippen LogP contribution in [0.3, 0.4) is 0 Å². The molecule has 0 radical (unpaired) electrons. The van der Waals surface area contributed by atoms with E-state index in [-0.39, 0.29) is 19.5 Å². The second kappa shape index (κ2) is 6.01. The summed E-state index contributed by atoms with van der Waals surface area (Å²) in [5, 5.41) is 17.2. The Kier molecular flexibility index (Phi) is 5.73. The van der Waals surface area contributed by atoms with E-state index in [1.54, 1.807) is 0 Å². The SMILES string of the molecule is C[C@H](O)CNS(=O)(=O)N(C)CCC(=O)O. The molecule has 0 aromatic rings. The monoisotopic (exact) mass is 240 g/mol. The Morgan fingerprint density at radius 3 is 2.47 bits per heavy atom. The number of hydrogen-bond donors (Lipinski definition) is 3. The van der Waals surface area contributed by atoms with E-state index in [0.717, 1.165) is 4.31 Å². The van der Waals surface area contributed by atoms with Gasteiger partial charge in [-0.3, -0.25) is 4.79 Å². The fourth-order valence-corrected chi connectivity index (χ4v) is 1.71. The van der Waals surface area contributed by atoms with Crippen LogP contribution >= 0.6 is 0 Å². The van der Waals surface area contributed by atoms with Crippen molar-refractivity contribution in [2.75, 3.05) is 20.1 Å². The van der Waals surface area contributed by atoms with Crippen LogP contribution in [-0.2, 0) is 15.0 Å². The number of rotatable bonds is 7. The van der Waals surface area contributed by atoms with Crippen LogP contribution in [0, 0.1) is 0 Å². The van der Waals surface area contributed by atoms with Crippen molar-refractivity contribution >= 4 is 16.2 Å². The number of carbonyl (C=O) groups is 1. The number of carboxylic acid groups (broad SMARTS) is 1. The highest BCUT2D eigenvalue weighted by molar-refractivity contribution is 7.87. The van der Waals surface area contributed by atoms with Gasteiger partial charge in [-0.1, -0.05) is 0 Å². The van der Waals surface area contributed by atoms with Gasteiger partial charge in [0, 0.05) is 20.1 Å². The highest BCUT2D eigenvalue weighted by Crippen LogP contribution is 1.96. The molecule has 0 aliphatic heterocycles. The summed E-state index contributed by atoms with van der Waals surface area (Å²) in [6.45, 7) is 1.24. The molecule has 0 bridgehead atoms. The highest BCUT2D eigenvalue weighted by atomic mass is 32.2. The topological polar surface area (TPSA) is 107 Å². The van der Waals surface area contributed by atoms with E-state index in [1.165, 1.54) is 14.0 Å². The van der Waals surface area contributed by atoms with Gasteiger partial charge in [0.05, 0.1) is 12.5 Å². The van der Waals surface area contributed by atoms with Gasteiger partial charge < -0.3 is 10.2 Å². The zero-order valence-corrected chi connectivity index (χ0v) is 9.49. The van der Waals surface area contributed by atoms with E-state index < -0.39 is 22.3 Å². The second-order valence-corrected chi connectivity index (χ2v) is 5.03. The Labute approximate surface area is 88.9 Å². The van der Waals surface area contributed by atoms with Gasteiger partial charge in [-0.15, -0.1) is 0 Å². The third kappa shape index (κ3) is 6.39. The van der Waals surface area contributed by atoms with Crippen LogP contribution in [0.2, 0.25) is 0 Å². The Balaban J connectivity index is 4.14. The van der Waals surface area contributed by atoms with Crippen molar-refractivity contribution in [3.8, 4) is 0 Å². The second-order valence-electron chi connectivity index (χ2n) is 3.17. The van der Waals surface area contributed by atoms with Gasteiger partial charge in [0.25, 0.3) is 10.2 Å². The number of aliphatic carboxylic acids is 1. The van der Waals surface area contributed by atoms with Crippen LogP contribution in [0.5, 0.6) is 0 Å². The summed E-state index contributed by atoms with van der Waals surface area (Å²) in [6.07, 6.45) is -1.04. The molecule has 8 heteroatoms. The van der Waals surface area contributed by atoms with Gasteiger partial charge in [-0.05, 0) is 6.92 Å². The molecule has 0 unspecified atom stereocenters. The first-order valence-electron chi connectivity index (χ1n) is 4.36. The van der Waals surface area contributed by atoms with Crippen molar-refractivity contribution in [2.24, 2.45) is 0 Å². The van der Waals surface area contributed by atoms with E-state index >= 15 is 0 Å². The van der Waals surface area contributed by atoms with Crippen molar-refractivity contribution in [1.29, 1.82) is 0 Å². The zero-order valence-electron chi connectivity index (χ0n) is 8.67. The lowest BCUT2D eigenvalue weighted by atomic mass is 10.4. The lowest BCUT2D eigenvalue weighted by Crippen LogP contribution is -2.41. The number of nitrogens with zero attached hydrogens (tertiary/aromatic N) is 1. The summed E-state index contributed by atoms with van der Waals surface area (Å²) in [5.74, 6) is -1.06. The molecule has 0 saturated heterocycles. The van der Waals surface area contributed by atoms with Gasteiger partial charge in [-0.2, -0.15) is 17.4 Å². The molecule has 3 N–H and O–H groups in total. The minimum Gasteiger partial charge on any atom is -0.481 e. The van der Waals surface area contributed by atoms with Gasteiger partial charge in [0.2, 0.25) is 0 Å². The molecule has 0 aliphatic carbocycles. The summed E-state index contributed by atoms with van der Waals surface area (Å²) < 4.78 is 25.7. The maximum absolute atomic E-state index is 11.4. The van der Waals surface area contributed by atoms with E-state index in [0.29, 0.717) is 0 Å². The smallest absolute Gasteiger partial charge is 0.304 e. The first-order valence-corrected chi connectivity index (χ1v) is 5.80. The summed E-state index contributed by atoms with van der Waals surface area (Å²) in [6, 6.07) is 0. The number of aliphatic hydroxyl groups excluding tert-OH is 1. The normalized spacial score (nSPS) is 14.1. The fourth-order valence-electron chi connectivity index (χ4n) is 0.709. The van der Waals surface area contributed by atoms with Crippen LogP contribution in [0.15, 0.2) is 0 Å². The molecule has 0 saturated carbocycles. The maximum Gasteiger partial charge on any atom is 0.304 e. The minimum atomic E-state index is -3.69. The molecule has 7 nitrogen and oxygen atoms in total. The van der Waals surface area contributed by atoms with E-state index in [1.807, 2.05) is 0 Å². The Morgan fingerprint density at radius 2 is 2.07 bits per heavy atom. The molecule has 0 amide bonds. The Morgan fingerprint density at radius 1 is 1.53 bits per heavy atom. The van der Waals surface area contributed by atoms with Gasteiger partial charge in [0.1, 0.15) is 0 Å². The minimum absolute atomic E-state index is 0.0975. The van der Waals surface area contributed by atoms with Crippen molar-refractivity contribution in [3.63, 3.8) is 0 Å². The molecule has 15 heavy (non-hydrogen) atoms. The average molecular weight is 240 g/mol. The Hall–Kier alpha value is -0.700. The molecular formula is C7H16N2O5S. The van der Waals surface area contributed by atoms with Crippen molar-refractivity contribution in [3.05, 3.63) is 0 Å². The molecule has 0 aromatic carbocycles. The van der Waals surface area contributed by atoms with E-state index in [4.69, 9.17) is 10.2 Å². The van der Waals surface area contributed by atoms with Crippen molar-refractivity contribution < 1.29 is 23.4 Å². The molecule has 0 aromatic heterocycles. The largest absolute Gasteiger partial charge is 0.481 e. The standard InChI is InChI=1S/C7H16N2O5S/c1-6(10)5-8-15(13,14)9(2)4-3-7(11)12/h6,8,10H,3-5H2,1-2H3,(H,11,12)/t6-/m0/s1. The summed E-state index contributed by atoms with van der Waals surface area (Å²) in [4.78, 5) is 10.2. The molecule has 0 fully saturated rings. The third-order valence-electron chi connectivity index (χ3n) is 1.61. The van der Waals surface area contributed by atoms with Gasteiger partial charge >= 0.3 is 5.97 Å². The quantitative estimate of drug-likeness (QED) is 0.508. The lowest BCUT2D eigenvalue weighted by Gasteiger charge is -2.17. The molecule has 0 spiro atoms. The van der Waals surface area contributed by atoms with Crippen molar-refractivity contribution in [1.82, 2.24) is 9.03 Å². The van der Waals surface area contributed by atoms with E-state index in [2.05, 4.69) is 4.72 Å². The first-order chi connectivity index (χ1) is 6.75. The van der Waals surface area contributed by atoms with Crippen LogP contribution < -0.4 is 4.72 Å². The van der Waals surface area contributed by atoms with Crippen LogP contribution in [0.25, 0.3) is 0 Å². The molecule has 1 atom stereocenters. The number of aliphatic hydroxyl groups is 1. The summed E-state index contributed by atoms with van der Waals surface area (Å²) in [7, 11) is -2.42. The van der Waals surface area contributed by atoms with Crippen LogP contribution in [-0.4, -0.2) is 55.1 Å². The maximum atomic E-state index is 11.4. The fraction of sp³-hybridized carbons (Fsp3) is 0.857.